The molecule has 20 heavy (non-hydrogen) atoms. The average molecular weight is 269 g/mol. The zero-order chi connectivity index (χ0) is 14.4. The molecule has 2 rings (SSSR count). The summed E-state index contributed by atoms with van der Waals surface area (Å²) in [5, 5.41) is 14.2. The summed E-state index contributed by atoms with van der Waals surface area (Å²) in [6.45, 7) is 2.07. The van der Waals surface area contributed by atoms with E-state index >= 15 is 0 Å². The summed E-state index contributed by atoms with van der Waals surface area (Å²) in [5.41, 5.74) is 2.02. The first-order valence-corrected chi connectivity index (χ1v) is 6.18. The minimum atomic E-state index is 0.453. The minimum absolute atomic E-state index is 0.453. The molecule has 0 atom stereocenters. The first-order chi connectivity index (χ1) is 9.76. The summed E-state index contributed by atoms with van der Waals surface area (Å²) in [6, 6.07) is 7.51. The summed E-state index contributed by atoms with van der Waals surface area (Å²) in [5.74, 6) is 1.94. The SMILES string of the molecule is CCc1cc(Nc2cc(NC#N)ncn2)ccc1OC. The van der Waals surface area contributed by atoms with Crippen molar-refractivity contribution in [3.8, 4) is 11.9 Å². The maximum Gasteiger partial charge on any atom is 0.182 e. The fourth-order valence-corrected chi connectivity index (χ4v) is 1.83. The van der Waals surface area contributed by atoms with Gasteiger partial charge >= 0.3 is 0 Å². The lowest BCUT2D eigenvalue weighted by molar-refractivity contribution is 0.410. The molecule has 0 unspecified atom stereocenters. The monoisotopic (exact) mass is 269 g/mol. The number of aromatic nitrogens is 2. The van der Waals surface area contributed by atoms with E-state index in [4.69, 9.17) is 10.00 Å². The van der Waals surface area contributed by atoms with Gasteiger partial charge < -0.3 is 10.1 Å². The summed E-state index contributed by atoms with van der Waals surface area (Å²) in [4.78, 5) is 8.04. The fourth-order valence-electron chi connectivity index (χ4n) is 1.83. The predicted molar refractivity (Wildman–Crippen MR) is 76.9 cm³/mol. The largest absolute Gasteiger partial charge is 0.496 e. The Morgan fingerprint density at radius 3 is 2.75 bits per heavy atom. The molecule has 102 valence electrons. The molecule has 0 bridgehead atoms. The summed E-state index contributed by atoms with van der Waals surface area (Å²) in [7, 11) is 1.66. The summed E-state index contributed by atoms with van der Waals surface area (Å²) in [6.07, 6.45) is 4.10. The molecule has 2 aromatic rings. The Kier molecular flexibility index (Phi) is 4.35. The number of rotatable bonds is 5. The van der Waals surface area contributed by atoms with Crippen LogP contribution in [0.4, 0.5) is 17.3 Å². The number of anilines is 3. The van der Waals surface area contributed by atoms with E-state index in [2.05, 4.69) is 27.5 Å². The van der Waals surface area contributed by atoms with Crippen LogP contribution in [-0.4, -0.2) is 17.1 Å². The molecule has 0 aliphatic heterocycles. The molecule has 0 radical (unpaired) electrons. The van der Waals surface area contributed by atoms with E-state index in [1.807, 2.05) is 24.4 Å². The van der Waals surface area contributed by atoms with Crippen molar-refractivity contribution in [2.45, 2.75) is 13.3 Å². The number of hydrogen-bond donors (Lipinski definition) is 2. The quantitative estimate of drug-likeness (QED) is 0.641. The van der Waals surface area contributed by atoms with Crippen LogP contribution in [0.5, 0.6) is 5.75 Å². The summed E-state index contributed by atoms with van der Waals surface area (Å²) >= 11 is 0. The van der Waals surface area contributed by atoms with Gasteiger partial charge in [-0.3, -0.25) is 5.32 Å². The van der Waals surface area contributed by atoms with Crippen molar-refractivity contribution in [3.05, 3.63) is 36.2 Å². The molecule has 1 aromatic heterocycles. The van der Waals surface area contributed by atoms with Crippen LogP contribution in [0, 0.1) is 11.5 Å². The molecule has 0 saturated heterocycles. The van der Waals surface area contributed by atoms with Crippen molar-refractivity contribution in [1.29, 1.82) is 5.26 Å². The van der Waals surface area contributed by atoms with Crippen LogP contribution in [0.3, 0.4) is 0 Å². The lowest BCUT2D eigenvalue weighted by atomic mass is 10.1. The molecule has 0 fully saturated rings. The van der Waals surface area contributed by atoms with Crippen LogP contribution < -0.4 is 15.4 Å². The van der Waals surface area contributed by atoms with Crippen LogP contribution in [0.2, 0.25) is 0 Å². The standard InChI is InChI=1S/C14H15N5O/c1-3-10-6-11(4-5-12(10)20-2)19-14-7-13(16-8-15)17-9-18-14/h4-7,9H,3H2,1-2H3,(H2,16,17,18,19). The zero-order valence-electron chi connectivity index (χ0n) is 11.3. The smallest absolute Gasteiger partial charge is 0.182 e. The van der Waals surface area contributed by atoms with Crippen LogP contribution in [-0.2, 0) is 6.42 Å². The molecule has 6 nitrogen and oxygen atoms in total. The molecule has 0 aliphatic rings. The average Bonchev–Trinajstić information content (AvgIpc) is 2.48. The molecular formula is C14H15N5O. The number of ether oxygens (including phenoxy) is 1. The van der Waals surface area contributed by atoms with Gasteiger partial charge in [-0.25, -0.2) is 9.97 Å². The first-order valence-electron chi connectivity index (χ1n) is 6.18. The number of hydrogen-bond acceptors (Lipinski definition) is 6. The lowest BCUT2D eigenvalue weighted by Crippen LogP contribution is -1.99. The molecule has 0 aliphatic carbocycles. The van der Waals surface area contributed by atoms with Crippen molar-refractivity contribution in [3.63, 3.8) is 0 Å². The maximum atomic E-state index is 8.57. The van der Waals surface area contributed by atoms with E-state index in [1.165, 1.54) is 6.33 Å². The van der Waals surface area contributed by atoms with Gasteiger partial charge in [-0.1, -0.05) is 6.92 Å². The second kappa shape index (κ2) is 6.38. The molecule has 0 spiro atoms. The Balaban J connectivity index is 2.21. The normalized spacial score (nSPS) is 9.65. The van der Waals surface area contributed by atoms with Crippen LogP contribution in [0.25, 0.3) is 0 Å². The van der Waals surface area contributed by atoms with Crippen molar-refractivity contribution >= 4 is 17.3 Å². The topological polar surface area (TPSA) is 82.9 Å². The van der Waals surface area contributed by atoms with E-state index in [0.717, 1.165) is 23.4 Å². The molecule has 0 amide bonds. The molecule has 1 aromatic carbocycles. The highest BCUT2D eigenvalue weighted by Gasteiger charge is 2.04. The molecule has 0 saturated carbocycles. The third-order valence-electron chi connectivity index (χ3n) is 2.78. The van der Waals surface area contributed by atoms with Gasteiger partial charge in [0.25, 0.3) is 0 Å². The lowest BCUT2D eigenvalue weighted by Gasteiger charge is -2.11. The highest BCUT2D eigenvalue weighted by molar-refractivity contribution is 5.61. The maximum absolute atomic E-state index is 8.57. The second-order valence-electron chi connectivity index (χ2n) is 4.03. The zero-order valence-corrected chi connectivity index (χ0v) is 11.3. The third-order valence-corrected chi connectivity index (χ3v) is 2.78. The summed E-state index contributed by atoms with van der Waals surface area (Å²) < 4.78 is 5.29. The van der Waals surface area contributed by atoms with Crippen molar-refractivity contribution in [2.75, 3.05) is 17.7 Å². The Morgan fingerprint density at radius 2 is 2.05 bits per heavy atom. The highest BCUT2D eigenvalue weighted by atomic mass is 16.5. The minimum Gasteiger partial charge on any atom is -0.496 e. The van der Waals surface area contributed by atoms with Crippen LogP contribution >= 0.6 is 0 Å². The van der Waals surface area contributed by atoms with Gasteiger partial charge in [0, 0.05) is 11.8 Å². The Labute approximate surface area is 117 Å². The van der Waals surface area contributed by atoms with E-state index in [0.29, 0.717) is 11.6 Å². The number of nitrogens with zero attached hydrogens (tertiary/aromatic N) is 3. The third kappa shape index (κ3) is 3.14. The highest BCUT2D eigenvalue weighted by Crippen LogP contribution is 2.25. The number of nitriles is 1. The number of benzene rings is 1. The number of aryl methyl sites for hydroxylation is 1. The number of nitrogens with one attached hydrogen (secondary N) is 2. The van der Waals surface area contributed by atoms with E-state index in [1.54, 1.807) is 13.2 Å². The van der Waals surface area contributed by atoms with Gasteiger partial charge in [0.05, 0.1) is 7.11 Å². The first kappa shape index (κ1) is 13.6. The van der Waals surface area contributed by atoms with Gasteiger partial charge in [0.15, 0.2) is 6.19 Å². The molecular weight excluding hydrogens is 254 g/mol. The van der Waals surface area contributed by atoms with E-state index < -0.39 is 0 Å². The Bertz CT molecular complexity index is 636. The van der Waals surface area contributed by atoms with Gasteiger partial charge in [-0.15, -0.1) is 0 Å². The predicted octanol–water partition coefficient (Wildman–Crippen LogP) is 2.68. The van der Waals surface area contributed by atoms with Crippen molar-refractivity contribution in [2.24, 2.45) is 0 Å². The van der Waals surface area contributed by atoms with Gasteiger partial charge in [-0.05, 0) is 30.2 Å². The van der Waals surface area contributed by atoms with Crippen molar-refractivity contribution < 1.29 is 4.74 Å². The van der Waals surface area contributed by atoms with Crippen LogP contribution in [0.15, 0.2) is 30.6 Å². The Morgan fingerprint density at radius 1 is 1.25 bits per heavy atom. The van der Waals surface area contributed by atoms with Crippen LogP contribution in [0.1, 0.15) is 12.5 Å². The van der Waals surface area contributed by atoms with Crippen molar-refractivity contribution in [1.82, 2.24) is 9.97 Å². The fraction of sp³-hybridized carbons (Fsp3) is 0.214. The van der Waals surface area contributed by atoms with Gasteiger partial charge in [-0.2, -0.15) is 5.26 Å². The molecule has 2 N–H and O–H groups in total. The molecule has 1 heterocycles. The van der Waals surface area contributed by atoms with Gasteiger partial charge in [0.2, 0.25) is 0 Å². The van der Waals surface area contributed by atoms with E-state index in [-0.39, 0.29) is 0 Å². The van der Waals surface area contributed by atoms with E-state index in [9.17, 15) is 0 Å². The Hall–Kier alpha value is -2.81. The molecule has 6 heteroatoms. The van der Waals surface area contributed by atoms with Gasteiger partial charge in [0.1, 0.15) is 23.7 Å². The number of methoxy groups -OCH3 is 1. The second-order valence-corrected chi connectivity index (χ2v) is 4.03.